The van der Waals surface area contributed by atoms with Crippen LogP contribution >= 0.6 is 0 Å². The molecule has 1 aliphatic rings. The number of carbonyl (C=O) groups excluding carboxylic acids is 2. The van der Waals surface area contributed by atoms with E-state index in [-0.39, 0.29) is 22.7 Å². The van der Waals surface area contributed by atoms with Gasteiger partial charge in [-0.1, -0.05) is 45.8 Å². The van der Waals surface area contributed by atoms with Gasteiger partial charge in [0, 0.05) is 22.3 Å². The van der Waals surface area contributed by atoms with Crippen LogP contribution in [0.3, 0.4) is 0 Å². The zero-order valence-corrected chi connectivity index (χ0v) is 17.1. The van der Waals surface area contributed by atoms with Crippen LogP contribution in [-0.2, 0) is 9.59 Å². The summed E-state index contributed by atoms with van der Waals surface area (Å²) in [5.41, 5.74) is 1.77. The Morgan fingerprint density at radius 2 is 1.65 bits per heavy atom. The molecule has 0 aromatic heterocycles. The first-order valence-corrected chi connectivity index (χ1v) is 9.56. The van der Waals surface area contributed by atoms with Crippen LogP contribution in [0, 0.1) is 11.3 Å². The number of carbonyl (C=O) groups is 2. The van der Waals surface area contributed by atoms with E-state index in [1.807, 2.05) is 13.8 Å². The lowest BCUT2D eigenvalue weighted by atomic mass is 9.68. The summed E-state index contributed by atoms with van der Waals surface area (Å²) in [4.78, 5) is 25.6. The highest BCUT2D eigenvalue weighted by molar-refractivity contribution is 6.25. The zero-order chi connectivity index (χ0) is 20.1. The monoisotopic (exact) mass is 362 g/mol. The molecule has 0 heterocycles. The minimum atomic E-state index is -0.528. The van der Waals surface area contributed by atoms with Crippen molar-refractivity contribution >= 4 is 11.6 Å². The van der Waals surface area contributed by atoms with Crippen molar-refractivity contribution in [1.29, 1.82) is 0 Å². The van der Waals surface area contributed by atoms with Crippen LogP contribution in [0.5, 0.6) is 0 Å². The number of hydrogen-bond donors (Lipinski definition) is 2. The van der Waals surface area contributed by atoms with E-state index >= 15 is 0 Å². The third-order valence-electron chi connectivity index (χ3n) is 5.82. The van der Waals surface area contributed by atoms with Crippen LogP contribution in [0.4, 0.5) is 0 Å². The highest BCUT2D eigenvalue weighted by atomic mass is 16.3. The standard InChI is InChI=1S/C22H34O4/c1-7-14(3)11-15(4)9-10-22(6,8-2)19-16(5)20(25)17(12-23)18(13-24)21(19)26/h9,14,23-24H,7-8,10-13H2,1-6H3/b15-9+. The molecule has 0 aromatic rings. The Morgan fingerprint density at radius 3 is 2.12 bits per heavy atom. The fourth-order valence-electron chi connectivity index (χ4n) is 3.60. The minimum Gasteiger partial charge on any atom is -0.392 e. The maximum absolute atomic E-state index is 13.0. The van der Waals surface area contributed by atoms with E-state index in [1.54, 1.807) is 6.92 Å². The molecular formula is C22H34O4. The Balaban J connectivity index is 3.26. The summed E-state index contributed by atoms with van der Waals surface area (Å²) in [7, 11) is 0. The van der Waals surface area contributed by atoms with Crippen LogP contribution < -0.4 is 0 Å². The van der Waals surface area contributed by atoms with E-state index < -0.39 is 18.6 Å². The predicted octanol–water partition coefficient (Wildman–Crippen LogP) is 3.92. The van der Waals surface area contributed by atoms with E-state index in [2.05, 4.69) is 26.8 Å². The van der Waals surface area contributed by atoms with Crippen LogP contribution in [0.15, 0.2) is 33.9 Å². The van der Waals surface area contributed by atoms with Crippen molar-refractivity contribution in [1.82, 2.24) is 0 Å². The van der Waals surface area contributed by atoms with Crippen molar-refractivity contribution in [3.63, 3.8) is 0 Å². The van der Waals surface area contributed by atoms with Crippen LogP contribution in [0.1, 0.15) is 67.2 Å². The first kappa shape index (κ1) is 22.5. The Kier molecular flexibility index (Phi) is 8.16. The van der Waals surface area contributed by atoms with Crippen molar-refractivity contribution < 1.29 is 19.8 Å². The molecule has 0 spiro atoms. The molecule has 2 unspecified atom stereocenters. The molecule has 0 aliphatic heterocycles. The minimum absolute atomic E-state index is 0.0284. The molecule has 2 N–H and O–H groups in total. The molecule has 0 fully saturated rings. The quantitative estimate of drug-likeness (QED) is 0.481. The van der Waals surface area contributed by atoms with Gasteiger partial charge in [-0.25, -0.2) is 0 Å². The van der Waals surface area contributed by atoms with Gasteiger partial charge in [0.2, 0.25) is 0 Å². The third-order valence-corrected chi connectivity index (χ3v) is 5.82. The van der Waals surface area contributed by atoms with Gasteiger partial charge in [-0.05, 0) is 44.4 Å². The summed E-state index contributed by atoms with van der Waals surface area (Å²) in [6, 6.07) is 0. The average Bonchev–Trinajstić information content (AvgIpc) is 2.62. The summed E-state index contributed by atoms with van der Waals surface area (Å²) in [6.45, 7) is 11.1. The molecule has 4 heteroatoms. The molecule has 4 nitrogen and oxygen atoms in total. The highest BCUT2D eigenvalue weighted by Crippen LogP contribution is 2.42. The number of ketones is 2. The molecule has 0 bridgehead atoms. The molecule has 0 amide bonds. The number of aliphatic hydroxyl groups excluding tert-OH is 2. The molecule has 146 valence electrons. The van der Waals surface area contributed by atoms with Gasteiger partial charge in [-0.2, -0.15) is 0 Å². The van der Waals surface area contributed by atoms with Crippen LogP contribution in [-0.4, -0.2) is 35.0 Å². The molecular weight excluding hydrogens is 328 g/mol. The largest absolute Gasteiger partial charge is 0.392 e. The van der Waals surface area contributed by atoms with Gasteiger partial charge in [-0.15, -0.1) is 0 Å². The second-order valence-corrected chi connectivity index (χ2v) is 7.82. The Hall–Kier alpha value is -1.52. The molecule has 0 saturated carbocycles. The van der Waals surface area contributed by atoms with Gasteiger partial charge >= 0.3 is 0 Å². The maximum Gasteiger partial charge on any atom is 0.188 e. The first-order valence-electron chi connectivity index (χ1n) is 9.56. The molecule has 0 aromatic carbocycles. The number of hydrogen-bond acceptors (Lipinski definition) is 4. The summed E-state index contributed by atoms with van der Waals surface area (Å²) >= 11 is 0. The average molecular weight is 363 g/mol. The van der Waals surface area contributed by atoms with E-state index in [0.29, 0.717) is 29.9 Å². The Bertz CT molecular complexity index is 651. The number of rotatable bonds is 9. The van der Waals surface area contributed by atoms with Crippen molar-refractivity contribution in [3.05, 3.63) is 33.9 Å². The molecule has 0 radical (unpaired) electrons. The Labute approximate surface area is 157 Å². The van der Waals surface area contributed by atoms with Gasteiger partial charge in [0.25, 0.3) is 0 Å². The number of aliphatic hydroxyl groups is 2. The van der Waals surface area contributed by atoms with Gasteiger partial charge in [0.05, 0.1) is 13.2 Å². The summed E-state index contributed by atoms with van der Waals surface area (Å²) in [5, 5.41) is 19.0. The van der Waals surface area contributed by atoms with Crippen molar-refractivity contribution in [2.75, 3.05) is 13.2 Å². The number of allylic oxidation sites excluding steroid dienone is 4. The van der Waals surface area contributed by atoms with Crippen LogP contribution in [0.25, 0.3) is 0 Å². The molecule has 0 saturated heterocycles. The first-order chi connectivity index (χ1) is 12.2. The van der Waals surface area contributed by atoms with E-state index in [0.717, 1.165) is 12.8 Å². The fourth-order valence-corrected chi connectivity index (χ4v) is 3.60. The van der Waals surface area contributed by atoms with E-state index in [1.165, 1.54) is 5.57 Å². The van der Waals surface area contributed by atoms with E-state index in [4.69, 9.17) is 0 Å². The van der Waals surface area contributed by atoms with Crippen molar-refractivity contribution in [2.24, 2.45) is 11.3 Å². The molecule has 2 atom stereocenters. The summed E-state index contributed by atoms with van der Waals surface area (Å²) < 4.78 is 0. The lowest BCUT2D eigenvalue weighted by molar-refractivity contribution is -0.118. The van der Waals surface area contributed by atoms with Gasteiger partial charge in [0.1, 0.15) is 0 Å². The van der Waals surface area contributed by atoms with E-state index in [9.17, 15) is 19.8 Å². The second kappa shape index (κ2) is 9.43. The highest BCUT2D eigenvalue weighted by Gasteiger charge is 2.40. The smallest absolute Gasteiger partial charge is 0.188 e. The van der Waals surface area contributed by atoms with Crippen molar-refractivity contribution in [2.45, 2.75) is 67.2 Å². The van der Waals surface area contributed by atoms with Crippen molar-refractivity contribution in [3.8, 4) is 0 Å². The molecule has 1 rings (SSSR count). The fraction of sp³-hybridized carbons (Fsp3) is 0.636. The van der Waals surface area contributed by atoms with Gasteiger partial charge < -0.3 is 10.2 Å². The zero-order valence-electron chi connectivity index (χ0n) is 17.1. The SMILES string of the molecule is CCC(C)C/C(C)=C/CC(C)(CC)C1=C(C)C(=O)C(CO)=C(CO)C1=O. The second-order valence-electron chi connectivity index (χ2n) is 7.82. The Morgan fingerprint density at radius 1 is 1.12 bits per heavy atom. The molecule has 1 aliphatic carbocycles. The van der Waals surface area contributed by atoms with Gasteiger partial charge in [-0.3, -0.25) is 9.59 Å². The third kappa shape index (κ3) is 4.60. The number of Topliss-reactive ketones (excluding diaryl/α,β-unsaturated/α-hetero) is 2. The van der Waals surface area contributed by atoms with Gasteiger partial charge in [0.15, 0.2) is 11.6 Å². The lowest BCUT2D eigenvalue weighted by Crippen LogP contribution is -2.34. The summed E-state index contributed by atoms with van der Waals surface area (Å²) in [6.07, 6.45) is 5.71. The summed E-state index contributed by atoms with van der Waals surface area (Å²) in [5.74, 6) is -0.00822. The predicted molar refractivity (Wildman–Crippen MR) is 105 cm³/mol. The topological polar surface area (TPSA) is 74.6 Å². The normalized spacial score (nSPS) is 19.9. The molecule has 26 heavy (non-hydrogen) atoms. The van der Waals surface area contributed by atoms with Crippen LogP contribution in [0.2, 0.25) is 0 Å². The maximum atomic E-state index is 13.0. The lowest BCUT2D eigenvalue weighted by Gasteiger charge is -2.34.